The van der Waals surface area contributed by atoms with Crippen molar-refractivity contribution < 1.29 is 9.90 Å². The van der Waals surface area contributed by atoms with Gasteiger partial charge in [0.2, 0.25) is 0 Å². The molecule has 0 bridgehead atoms. The smallest absolute Gasteiger partial charge is 0.255 e. The molecule has 0 unspecified atom stereocenters. The van der Waals surface area contributed by atoms with E-state index in [9.17, 15) is 9.90 Å². The number of carbonyl (C=O) groups is 1. The number of hydrogen-bond donors (Lipinski definition) is 1. The summed E-state index contributed by atoms with van der Waals surface area (Å²) in [7, 11) is 0. The van der Waals surface area contributed by atoms with E-state index in [0.717, 1.165) is 4.90 Å². The van der Waals surface area contributed by atoms with Gasteiger partial charge in [0.1, 0.15) is 18.8 Å². The molecule has 0 spiro atoms. The lowest BCUT2D eigenvalue weighted by Crippen LogP contribution is -2.32. The van der Waals surface area contributed by atoms with Crippen LogP contribution >= 0.6 is 0 Å². The fourth-order valence-electron chi connectivity index (χ4n) is 1.43. The molecule has 1 aromatic carbocycles. The Morgan fingerprint density at radius 3 is 2.41 bits per heavy atom. The molecule has 0 aromatic heterocycles. The van der Waals surface area contributed by atoms with Gasteiger partial charge in [-0.2, -0.15) is 10.5 Å². The Morgan fingerprint density at radius 1 is 1.35 bits per heavy atom. The van der Waals surface area contributed by atoms with Gasteiger partial charge in [-0.25, -0.2) is 0 Å². The summed E-state index contributed by atoms with van der Waals surface area (Å²) in [6, 6.07) is 8.02. The molecule has 0 aliphatic rings. The molecule has 1 aromatic rings. The van der Waals surface area contributed by atoms with Gasteiger partial charge >= 0.3 is 0 Å². The van der Waals surface area contributed by atoms with Crippen LogP contribution in [0.1, 0.15) is 15.9 Å². The number of hydrogen-bond acceptors (Lipinski definition) is 4. The van der Waals surface area contributed by atoms with Gasteiger partial charge in [0.25, 0.3) is 5.91 Å². The molecule has 0 aliphatic heterocycles. The summed E-state index contributed by atoms with van der Waals surface area (Å²) in [4.78, 5) is 13.2. The third-order valence-corrected chi connectivity index (χ3v) is 2.25. The van der Waals surface area contributed by atoms with Gasteiger partial charge in [-0.1, -0.05) is 0 Å². The topological polar surface area (TPSA) is 88.1 Å². The first kappa shape index (κ1) is 12.5. The van der Waals surface area contributed by atoms with Crippen molar-refractivity contribution in [2.24, 2.45) is 0 Å². The summed E-state index contributed by atoms with van der Waals surface area (Å²) in [6.07, 6.45) is 0. The molecule has 0 aliphatic carbocycles. The van der Waals surface area contributed by atoms with Gasteiger partial charge in [0, 0.05) is 5.56 Å². The molecule has 0 fully saturated rings. The molecule has 0 radical (unpaired) electrons. The number of nitrogens with zero attached hydrogens (tertiary/aromatic N) is 3. The maximum Gasteiger partial charge on any atom is 0.255 e. The number of aryl methyl sites for hydroxylation is 1. The Morgan fingerprint density at radius 2 is 1.94 bits per heavy atom. The van der Waals surface area contributed by atoms with Crippen LogP contribution in [0.15, 0.2) is 18.2 Å². The highest BCUT2D eigenvalue weighted by molar-refractivity contribution is 5.96. The largest absolute Gasteiger partial charge is 0.508 e. The first-order valence-corrected chi connectivity index (χ1v) is 4.93. The van der Waals surface area contributed by atoms with Crippen LogP contribution < -0.4 is 0 Å². The number of nitriles is 2. The Hall–Kier alpha value is -2.53. The average molecular weight is 229 g/mol. The summed E-state index contributed by atoms with van der Waals surface area (Å²) in [5, 5.41) is 26.4. The molecule has 1 amide bonds. The van der Waals surface area contributed by atoms with Gasteiger partial charge in [0.15, 0.2) is 0 Å². The maximum absolute atomic E-state index is 12.0. The normalized spacial score (nSPS) is 9.12. The second-order valence-electron chi connectivity index (χ2n) is 3.48. The second kappa shape index (κ2) is 5.53. The minimum absolute atomic E-state index is 0.0752. The van der Waals surface area contributed by atoms with E-state index in [4.69, 9.17) is 10.5 Å². The Balaban J connectivity index is 3.02. The summed E-state index contributed by atoms with van der Waals surface area (Å²) in [6.45, 7) is 1.42. The number of amides is 1. The average Bonchev–Trinajstić information content (AvgIpc) is 2.28. The lowest BCUT2D eigenvalue weighted by atomic mass is 10.1. The summed E-state index contributed by atoms with van der Waals surface area (Å²) in [5.41, 5.74) is 0.990. The van der Waals surface area contributed by atoms with Crippen molar-refractivity contribution >= 4 is 5.91 Å². The first-order chi connectivity index (χ1) is 8.10. The van der Waals surface area contributed by atoms with E-state index in [2.05, 4.69) is 0 Å². The van der Waals surface area contributed by atoms with Crippen molar-refractivity contribution in [3.8, 4) is 17.9 Å². The van der Waals surface area contributed by atoms with Crippen molar-refractivity contribution in [3.05, 3.63) is 29.3 Å². The van der Waals surface area contributed by atoms with E-state index >= 15 is 0 Å². The van der Waals surface area contributed by atoms with Crippen LogP contribution in [0, 0.1) is 29.6 Å². The molecular weight excluding hydrogens is 218 g/mol. The van der Waals surface area contributed by atoms with Crippen molar-refractivity contribution in [3.63, 3.8) is 0 Å². The van der Waals surface area contributed by atoms with E-state index in [0.29, 0.717) is 11.1 Å². The summed E-state index contributed by atoms with van der Waals surface area (Å²) < 4.78 is 0. The zero-order valence-corrected chi connectivity index (χ0v) is 9.34. The highest BCUT2D eigenvalue weighted by Gasteiger charge is 2.17. The van der Waals surface area contributed by atoms with E-state index in [1.807, 2.05) is 12.1 Å². The third kappa shape index (κ3) is 2.96. The number of phenols is 1. The standard InChI is InChI=1S/C12H11N3O2/c1-9-8-10(16)2-3-11(9)12(17)15(6-4-13)7-5-14/h2-3,8,16H,6-7H2,1H3. The Bertz CT molecular complexity index is 495. The molecule has 17 heavy (non-hydrogen) atoms. The Labute approximate surface area is 99.1 Å². The highest BCUT2D eigenvalue weighted by atomic mass is 16.3. The van der Waals surface area contributed by atoms with Gasteiger partial charge in [-0.3, -0.25) is 4.79 Å². The molecule has 5 nitrogen and oxygen atoms in total. The molecule has 0 saturated heterocycles. The number of phenolic OH excluding ortho intramolecular Hbond substituents is 1. The van der Waals surface area contributed by atoms with Crippen LogP contribution in [0.2, 0.25) is 0 Å². The maximum atomic E-state index is 12.0. The van der Waals surface area contributed by atoms with Crippen LogP contribution in [-0.2, 0) is 0 Å². The van der Waals surface area contributed by atoms with Crippen LogP contribution in [0.5, 0.6) is 5.75 Å². The summed E-state index contributed by atoms with van der Waals surface area (Å²) in [5.74, 6) is -0.309. The molecule has 0 atom stereocenters. The number of aromatic hydroxyl groups is 1. The lowest BCUT2D eigenvalue weighted by Gasteiger charge is -2.17. The monoisotopic (exact) mass is 229 g/mol. The van der Waals surface area contributed by atoms with Gasteiger partial charge in [0.05, 0.1) is 12.1 Å². The lowest BCUT2D eigenvalue weighted by molar-refractivity contribution is 0.0794. The highest BCUT2D eigenvalue weighted by Crippen LogP contribution is 2.17. The van der Waals surface area contributed by atoms with Crippen LogP contribution in [-0.4, -0.2) is 29.0 Å². The van der Waals surface area contributed by atoms with Gasteiger partial charge in [-0.15, -0.1) is 0 Å². The fourth-order valence-corrected chi connectivity index (χ4v) is 1.43. The third-order valence-electron chi connectivity index (χ3n) is 2.25. The molecule has 1 N–H and O–H groups in total. The predicted molar refractivity (Wildman–Crippen MR) is 60.0 cm³/mol. The minimum Gasteiger partial charge on any atom is -0.508 e. The molecular formula is C12H11N3O2. The minimum atomic E-state index is -0.384. The SMILES string of the molecule is Cc1cc(O)ccc1C(=O)N(CC#N)CC#N. The molecule has 1 rings (SSSR count). The van der Waals surface area contributed by atoms with Crippen molar-refractivity contribution in [1.29, 1.82) is 10.5 Å². The quantitative estimate of drug-likeness (QED) is 0.788. The van der Waals surface area contributed by atoms with E-state index in [1.165, 1.54) is 18.2 Å². The zero-order chi connectivity index (χ0) is 12.8. The van der Waals surface area contributed by atoms with Crippen molar-refractivity contribution in [2.45, 2.75) is 6.92 Å². The van der Waals surface area contributed by atoms with Crippen LogP contribution in [0.4, 0.5) is 0 Å². The Kier molecular flexibility index (Phi) is 4.08. The van der Waals surface area contributed by atoms with E-state index < -0.39 is 0 Å². The number of carbonyl (C=O) groups excluding carboxylic acids is 1. The van der Waals surface area contributed by atoms with E-state index in [-0.39, 0.29) is 24.7 Å². The molecule has 0 saturated carbocycles. The number of rotatable bonds is 3. The molecule has 0 heterocycles. The fraction of sp³-hybridized carbons (Fsp3) is 0.250. The first-order valence-electron chi connectivity index (χ1n) is 4.93. The number of benzene rings is 1. The molecule has 86 valence electrons. The van der Waals surface area contributed by atoms with Crippen molar-refractivity contribution in [1.82, 2.24) is 4.90 Å². The van der Waals surface area contributed by atoms with E-state index in [1.54, 1.807) is 6.92 Å². The van der Waals surface area contributed by atoms with Gasteiger partial charge < -0.3 is 10.0 Å². The zero-order valence-electron chi connectivity index (χ0n) is 9.34. The molecule has 5 heteroatoms. The van der Waals surface area contributed by atoms with Crippen molar-refractivity contribution in [2.75, 3.05) is 13.1 Å². The summed E-state index contributed by atoms with van der Waals surface area (Å²) >= 11 is 0. The predicted octanol–water partition coefficient (Wildman–Crippen LogP) is 1.19. The second-order valence-corrected chi connectivity index (χ2v) is 3.48. The van der Waals surface area contributed by atoms with Crippen LogP contribution in [0.25, 0.3) is 0 Å². The van der Waals surface area contributed by atoms with Gasteiger partial charge in [-0.05, 0) is 30.7 Å². The van der Waals surface area contributed by atoms with Crippen LogP contribution in [0.3, 0.4) is 0 Å².